The molecule has 1 aliphatic rings. The Morgan fingerprint density at radius 1 is 0.185 bits per heavy atom. The Kier molecular flexibility index (Phi) is 8.54. The molecule has 12 aromatic rings. The molecule has 13 rings (SSSR count). The number of hydrogen-bond donors (Lipinski definition) is 0. The highest BCUT2D eigenvalue weighted by Gasteiger charge is 2.46. The molecule has 0 heterocycles. The van der Waals surface area contributed by atoms with E-state index >= 15 is 0 Å². The molecule has 0 atom stereocenters. The van der Waals surface area contributed by atoms with Gasteiger partial charge in [-0.1, -0.05) is 206 Å². The number of benzene rings is 12. The van der Waals surface area contributed by atoms with Gasteiger partial charge in [-0.05, 0) is 170 Å². The SMILES string of the molecule is c1ccc(C2(c3ccccc3)c3cc(-c4ccc5cc(-c6ccc7ccccc7c6)ccc5c4)ccc3-c3ccc(-c4ccc5cc(-c6ccc7ccccc7c6)ccc5c4)cc32)cc1. The van der Waals surface area contributed by atoms with E-state index in [-0.39, 0.29) is 0 Å². The normalized spacial score (nSPS) is 12.7. The Labute approximate surface area is 379 Å². The Morgan fingerprint density at radius 3 is 0.769 bits per heavy atom. The lowest BCUT2D eigenvalue weighted by Gasteiger charge is -2.34. The highest BCUT2D eigenvalue weighted by atomic mass is 14.5. The van der Waals surface area contributed by atoms with Crippen LogP contribution in [0.1, 0.15) is 22.3 Å². The zero-order valence-electron chi connectivity index (χ0n) is 35.7. The van der Waals surface area contributed by atoms with Crippen molar-refractivity contribution in [2.45, 2.75) is 5.41 Å². The van der Waals surface area contributed by atoms with E-state index in [0.29, 0.717) is 0 Å². The fraction of sp³-hybridized carbons (Fsp3) is 0.0154. The molecule has 1 aliphatic carbocycles. The van der Waals surface area contributed by atoms with Crippen molar-refractivity contribution in [3.8, 4) is 55.6 Å². The maximum atomic E-state index is 2.47. The molecule has 0 amide bonds. The van der Waals surface area contributed by atoms with Crippen molar-refractivity contribution in [2.75, 3.05) is 0 Å². The fourth-order valence-electron chi connectivity index (χ4n) is 10.8. The van der Waals surface area contributed by atoms with Crippen LogP contribution in [0.2, 0.25) is 0 Å². The van der Waals surface area contributed by atoms with Crippen LogP contribution in [0.5, 0.6) is 0 Å². The van der Waals surface area contributed by atoms with Gasteiger partial charge in [0, 0.05) is 0 Å². The second-order valence-corrected chi connectivity index (χ2v) is 17.7. The summed E-state index contributed by atoms with van der Waals surface area (Å²) in [5.74, 6) is 0. The summed E-state index contributed by atoms with van der Waals surface area (Å²) >= 11 is 0. The van der Waals surface area contributed by atoms with E-state index in [9.17, 15) is 0 Å². The first kappa shape index (κ1) is 37.3. The summed E-state index contributed by atoms with van der Waals surface area (Å²) in [6, 6.07) is 94.9. The molecule has 12 aromatic carbocycles. The maximum Gasteiger partial charge on any atom is 0.0713 e. The minimum absolute atomic E-state index is 0.531. The highest BCUT2D eigenvalue weighted by molar-refractivity contribution is 5.97. The third kappa shape index (κ3) is 6.14. The molecule has 0 saturated carbocycles. The summed E-state index contributed by atoms with van der Waals surface area (Å²) in [6.45, 7) is 0. The van der Waals surface area contributed by atoms with Gasteiger partial charge >= 0.3 is 0 Å². The van der Waals surface area contributed by atoms with Crippen LogP contribution >= 0.6 is 0 Å². The van der Waals surface area contributed by atoms with Crippen LogP contribution in [0.3, 0.4) is 0 Å². The van der Waals surface area contributed by atoms with Crippen molar-refractivity contribution < 1.29 is 0 Å². The molecule has 0 aromatic heterocycles. The average Bonchev–Trinajstić information content (AvgIpc) is 3.68. The molecule has 0 N–H and O–H groups in total. The van der Waals surface area contributed by atoms with Crippen molar-refractivity contribution in [3.05, 3.63) is 277 Å². The molecule has 0 spiro atoms. The van der Waals surface area contributed by atoms with Gasteiger partial charge in [-0.2, -0.15) is 0 Å². The van der Waals surface area contributed by atoms with E-state index in [2.05, 4.69) is 255 Å². The molecule has 0 bridgehead atoms. The first-order valence-electron chi connectivity index (χ1n) is 22.6. The average molecular weight is 823 g/mol. The lowest BCUT2D eigenvalue weighted by molar-refractivity contribution is 0.769. The Bertz CT molecular complexity index is 3570. The molecule has 0 aliphatic heterocycles. The highest BCUT2D eigenvalue weighted by Crippen LogP contribution is 2.57. The monoisotopic (exact) mass is 822 g/mol. The van der Waals surface area contributed by atoms with Gasteiger partial charge < -0.3 is 0 Å². The van der Waals surface area contributed by atoms with E-state index in [0.717, 1.165) is 0 Å². The maximum absolute atomic E-state index is 2.47. The smallest absolute Gasteiger partial charge is 0.0622 e. The van der Waals surface area contributed by atoms with Crippen LogP contribution in [0.15, 0.2) is 255 Å². The van der Waals surface area contributed by atoms with Gasteiger partial charge in [-0.3, -0.25) is 0 Å². The Morgan fingerprint density at radius 2 is 0.431 bits per heavy atom. The molecule has 0 saturated heterocycles. The van der Waals surface area contributed by atoms with Crippen molar-refractivity contribution in [2.24, 2.45) is 0 Å². The van der Waals surface area contributed by atoms with E-state index < -0.39 is 5.41 Å². The zero-order chi connectivity index (χ0) is 42.9. The van der Waals surface area contributed by atoms with Gasteiger partial charge in [0.1, 0.15) is 0 Å². The van der Waals surface area contributed by atoms with Gasteiger partial charge in [0.2, 0.25) is 0 Å². The zero-order valence-corrected chi connectivity index (χ0v) is 35.7. The Hall–Kier alpha value is -8.32. The van der Waals surface area contributed by atoms with Crippen LogP contribution in [-0.2, 0) is 5.41 Å². The number of fused-ring (bicyclic) bond motifs is 7. The first-order chi connectivity index (χ1) is 32.2. The molecule has 0 radical (unpaired) electrons. The second-order valence-electron chi connectivity index (χ2n) is 17.7. The predicted octanol–water partition coefficient (Wildman–Crippen LogP) is 17.3. The van der Waals surface area contributed by atoms with Crippen molar-refractivity contribution in [3.63, 3.8) is 0 Å². The largest absolute Gasteiger partial charge is 0.0713 e. The van der Waals surface area contributed by atoms with Gasteiger partial charge in [0.25, 0.3) is 0 Å². The molecular weight excluding hydrogens is 781 g/mol. The standard InChI is InChI=1S/C65H42/c1-3-15-59(16-4-1)65(60-17-5-2-6-18-60)63-41-57(55-29-27-51-37-49(23-25-53(51)39-55)47-21-19-43-11-7-9-13-45(43)35-47)31-33-61(63)62-34-32-58(42-64(62)65)56-30-28-52-38-50(24-26-54(52)40-56)48-22-20-44-12-8-10-14-46(44)36-48/h1-42H. The third-order valence-electron chi connectivity index (χ3n) is 14.1. The third-order valence-corrected chi connectivity index (χ3v) is 14.1. The van der Waals surface area contributed by atoms with Crippen LogP contribution in [0.25, 0.3) is 98.7 Å². The van der Waals surface area contributed by atoms with Gasteiger partial charge in [0.05, 0.1) is 5.41 Å². The van der Waals surface area contributed by atoms with Crippen LogP contribution in [-0.4, -0.2) is 0 Å². The van der Waals surface area contributed by atoms with Crippen LogP contribution in [0.4, 0.5) is 0 Å². The molecular formula is C65H42. The lowest BCUT2D eigenvalue weighted by Crippen LogP contribution is -2.28. The topological polar surface area (TPSA) is 0 Å². The summed E-state index contributed by atoms with van der Waals surface area (Å²) in [4.78, 5) is 0. The van der Waals surface area contributed by atoms with Crippen molar-refractivity contribution in [1.82, 2.24) is 0 Å². The summed E-state index contributed by atoms with van der Waals surface area (Å²) in [6.07, 6.45) is 0. The quantitative estimate of drug-likeness (QED) is 0.157. The predicted molar refractivity (Wildman–Crippen MR) is 276 cm³/mol. The molecule has 0 fully saturated rings. The van der Waals surface area contributed by atoms with E-state index in [1.807, 2.05) is 0 Å². The summed E-state index contributed by atoms with van der Waals surface area (Å²) < 4.78 is 0. The fourth-order valence-corrected chi connectivity index (χ4v) is 10.8. The van der Waals surface area contributed by atoms with Gasteiger partial charge in [0.15, 0.2) is 0 Å². The Balaban J connectivity index is 0.916. The van der Waals surface area contributed by atoms with Crippen molar-refractivity contribution in [1.29, 1.82) is 0 Å². The second kappa shape index (κ2) is 14.9. The molecule has 0 nitrogen and oxygen atoms in total. The molecule has 0 unspecified atom stereocenters. The summed E-state index contributed by atoms with van der Waals surface area (Å²) in [5.41, 5.74) is 17.0. The van der Waals surface area contributed by atoms with E-state index in [1.54, 1.807) is 0 Å². The summed E-state index contributed by atoms with van der Waals surface area (Å²) in [7, 11) is 0. The van der Waals surface area contributed by atoms with Gasteiger partial charge in [-0.25, -0.2) is 0 Å². The van der Waals surface area contributed by atoms with Crippen LogP contribution < -0.4 is 0 Å². The van der Waals surface area contributed by atoms with E-state index in [1.165, 1.54) is 121 Å². The minimum Gasteiger partial charge on any atom is -0.0622 e. The molecule has 65 heavy (non-hydrogen) atoms. The van der Waals surface area contributed by atoms with Crippen LogP contribution in [0, 0.1) is 0 Å². The number of rotatable bonds is 6. The van der Waals surface area contributed by atoms with Gasteiger partial charge in [-0.15, -0.1) is 0 Å². The molecule has 302 valence electrons. The number of hydrogen-bond acceptors (Lipinski definition) is 0. The molecule has 0 heteroatoms. The lowest BCUT2D eigenvalue weighted by atomic mass is 9.67. The first-order valence-corrected chi connectivity index (χ1v) is 22.6. The summed E-state index contributed by atoms with van der Waals surface area (Å²) in [5, 5.41) is 10.00. The van der Waals surface area contributed by atoms with Crippen molar-refractivity contribution >= 4 is 43.1 Å². The van der Waals surface area contributed by atoms with E-state index in [4.69, 9.17) is 0 Å². The minimum atomic E-state index is -0.531.